The van der Waals surface area contributed by atoms with Gasteiger partial charge in [-0.2, -0.15) is 4.48 Å². The number of quaternary nitrogens is 1. The molecule has 1 fully saturated rings. The third-order valence-electron chi connectivity index (χ3n) is 7.02. The minimum absolute atomic E-state index is 0.0202. The number of likely N-dealkylation sites (tertiary alicyclic amines) is 1. The Kier molecular flexibility index (Phi) is 6.78. The number of carbonyl (C=O) groups excluding carboxylic acids is 2. The van der Waals surface area contributed by atoms with Gasteiger partial charge in [-0.1, -0.05) is 42.1 Å². The maximum Gasteiger partial charge on any atom is 0.429 e. The maximum atomic E-state index is 13.8. The summed E-state index contributed by atoms with van der Waals surface area (Å²) in [6.07, 6.45) is 3.08. The van der Waals surface area contributed by atoms with E-state index in [1.165, 1.54) is 0 Å². The average Bonchev–Trinajstić information content (AvgIpc) is 3.44. The number of pyridine rings is 1. The van der Waals surface area contributed by atoms with Crippen LogP contribution in [0.1, 0.15) is 19.8 Å². The third kappa shape index (κ3) is 4.51. The molecule has 1 aliphatic rings. The Morgan fingerprint density at radius 2 is 1.89 bits per heavy atom. The summed E-state index contributed by atoms with van der Waals surface area (Å²) in [5, 5.41) is 3.37. The molecule has 0 aliphatic carbocycles. The first-order valence-electron chi connectivity index (χ1n) is 12.0. The summed E-state index contributed by atoms with van der Waals surface area (Å²) in [7, 11) is 1.68. The number of anilines is 1. The molecule has 3 heterocycles. The number of aryl methyl sites for hydroxylation is 1. The van der Waals surface area contributed by atoms with Gasteiger partial charge in [0.25, 0.3) is 0 Å². The molecule has 10 heteroatoms. The molecule has 0 bridgehead atoms. The van der Waals surface area contributed by atoms with Crippen molar-refractivity contribution in [3.63, 3.8) is 0 Å². The summed E-state index contributed by atoms with van der Waals surface area (Å²) >= 11 is 1.15. The van der Waals surface area contributed by atoms with E-state index in [1.807, 2.05) is 43.3 Å². The number of imide groups is 1. The number of carbonyl (C=O) groups is 2. The number of benzene rings is 2. The lowest BCUT2D eigenvalue weighted by Gasteiger charge is -2.32. The smallest absolute Gasteiger partial charge is 0.322 e. The Balaban J connectivity index is 1.40. The molecular formula is C27H26F2N5O2S+. The van der Waals surface area contributed by atoms with Crippen LogP contribution in [0.15, 0.2) is 66.0 Å². The molecule has 1 N–H and O–H groups in total. The van der Waals surface area contributed by atoms with Crippen LogP contribution in [0, 0.1) is 11.6 Å². The molecule has 7 nitrogen and oxygen atoms in total. The number of nitrogens with one attached hydrogen (secondary N) is 1. The molecule has 0 radical (unpaired) electrons. The van der Waals surface area contributed by atoms with Gasteiger partial charge in [0.15, 0.2) is 16.8 Å². The highest BCUT2D eigenvalue weighted by molar-refractivity contribution is 7.99. The van der Waals surface area contributed by atoms with Gasteiger partial charge in [-0.25, -0.2) is 28.3 Å². The van der Waals surface area contributed by atoms with Crippen LogP contribution in [0.4, 0.5) is 19.4 Å². The van der Waals surface area contributed by atoms with Crippen LogP contribution in [-0.4, -0.2) is 49.3 Å². The fourth-order valence-electron chi connectivity index (χ4n) is 4.95. The number of hydrogen-bond acceptors (Lipinski definition) is 5. The molecular weight excluding hydrogens is 496 g/mol. The Hall–Kier alpha value is -3.63. The molecule has 3 amide bonds. The standard InChI is InChI=1S/C27H25F2N5O2S/c1-17-8-7-13-34(17,27(36)32-25-19(11-6-12-30-25)18-9-4-3-5-10-18)24(35)16-37-26-31-22-14-20(28)21(29)15-23(22)33(26)2/h3-6,9-12,14-15,17H,7-8,13,16H2,1-2H3/p+1/t17-,34?/m1/s1. The fourth-order valence-corrected chi connectivity index (χ4v) is 5.89. The molecule has 0 saturated carbocycles. The molecule has 1 saturated heterocycles. The molecule has 2 atom stereocenters. The molecule has 1 aliphatic heterocycles. The SMILES string of the molecule is C[C@@H]1CCC[N+]1(C(=O)CSc1nc2cc(F)c(F)cc2n1C)C(=O)Nc1ncccc1-c1ccccc1. The first-order chi connectivity index (χ1) is 17.8. The second-order valence-corrected chi connectivity index (χ2v) is 10.1. The van der Waals surface area contributed by atoms with Gasteiger partial charge in [-0.3, -0.25) is 5.32 Å². The number of aromatic nitrogens is 3. The third-order valence-corrected chi connectivity index (χ3v) is 8.03. The van der Waals surface area contributed by atoms with Gasteiger partial charge in [-0.05, 0) is 24.6 Å². The van der Waals surface area contributed by atoms with Crippen molar-refractivity contribution in [2.24, 2.45) is 7.05 Å². The average molecular weight is 523 g/mol. The van der Waals surface area contributed by atoms with E-state index in [0.717, 1.165) is 47.9 Å². The van der Waals surface area contributed by atoms with Gasteiger partial charge in [0.05, 0.1) is 17.6 Å². The number of rotatable bonds is 5. The molecule has 190 valence electrons. The molecule has 1 unspecified atom stereocenters. The van der Waals surface area contributed by atoms with Gasteiger partial charge >= 0.3 is 11.9 Å². The number of thioether (sulfide) groups is 1. The molecule has 5 rings (SSSR count). The number of nitrogens with zero attached hydrogens (tertiary/aromatic N) is 4. The Morgan fingerprint density at radius 3 is 2.62 bits per heavy atom. The maximum absolute atomic E-state index is 13.8. The lowest BCUT2D eigenvalue weighted by Crippen LogP contribution is -2.61. The van der Waals surface area contributed by atoms with E-state index in [0.29, 0.717) is 28.6 Å². The van der Waals surface area contributed by atoms with Gasteiger partial charge in [0.2, 0.25) is 0 Å². The van der Waals surface area contributed by atoms with E-state index >= 15 is 0 Å². The predicted octanol–water partition coefficient (Wildman–Crippen LogP) is 5.76. The Morgan fingerprint density at radius 1 is 1.14 bits per heavy atom. The number of imidazole rings is 1. The van der Waals surface area contributed by atoms with Crippen LogP contribution in [0.3, 0.4) is 0 Å². The second-order valence-electron chi connectivity index (χ2n) is 9.17. The van der Waals surface area contributed by atoms with Crippen LogP contribution in [0.25, 0.3) is 22.2 Å². The summed E-state index contributed by atoms with van der Waals surface area (Å²) in [6, 6.07) is 14.8. The molecule has 2 aromatic heterocycles. The first-order valence-corrected chi connectivity index (χ1v) is 13.0. The van der Waals surface area contributed by atoms with E-state index in [4.69, 9.17) is 0 Å². The molecule has 2 aromatic carbocycles. The van der Waals surface area contributed by atoms with Crippen molar-refractivity contribution in [2.75, 3.05) is 17.6 Å². The van der Waals surface area contributed by atoms with Crippen molar-refractivity contribution in [2.45, 2.75) is 31.0 Å². The highest BCUT2D eigenvalue weighted by atomic mass is 32.2. The summed E-state index contributed by atoms with van der Waals surface area (Å²) < 4.78 is 28.7. The van der Waals surface area contributed by atoms with E-state index in [1.54, 1.807) is 23.9 Å². The van der Waals surface area contributed by atoms with Crippen molar-refractivity contribution < 1.29 is 22.9 Å². The normalized spacial score (nSPS) is 19.3. The van der Waals surface area contributed by atoms with Crippen LogP contribution in [0.2, 0.25) is 0 Å². The second kappa shape index (κ2) is 10.0. The van der Waals surface area contributed by atoms with E-state index in [9.17, 15) is 18.4 Å². The Bertz CT molecular complexity index is 1490. The number of halogens is 2. The molecule has 4 aromatic rings. The molecule has 0 spiro atoms. The van der Waals surface area contributed by atoms with E-state index in [-0.39, 0.29) is 22.2 Å². The summed E-state index contributed by atoms with van der Waals surface area (Å²) in [5.74, 6) is -1.81. The zero-order valence-electron chi connectivity index (χ0n) is 20.4. The zero-order chi connectivity index (χ0) is 26.2. The summed E-state index contributed by atoms with van der Waals surface area (Å²) in [6.45, 7) is 2.30. The molecule has 37 heavy (non-hydrogen) atoms. The minimum atomic E-state index is -0.977. The van der Waals surface area contributed by atoms with Gasteiger partial charge in [0, 0.05) is 43.8 Å². The van der Waals surface area contributed by atoms with Crippen molar-refractivity contribution in [3.8, 4) is 11.1 Å². The number of urea groups is 1. The van der Waals surface area contributed by atoms with Crippen LogP contribution < -0.4 is 5.32 Å². The lowest BCUT2D eigenvalue weighted by molar-refractivity contribution is -0.781. The summed E-state index contributed by atoms with van der Waals surface area (Å²) in [4.78, 5) is 36.2. The van der Waals surface area contributed by atoms with Gasteiger partial charge in [-0.15, -0.1) is 0 Å². The minimum Gasteiger partial charge on any atom is -0.322 e. The van der Waals surface area contributed by atoms with Gasteiger partial charge < -0.3 is 4.57 Å². The van der Waals surface area contributed by atoms with Crippen molar-refractivity contribution in [1.82, 2.24) is 14.5 Å². The predicted molar refractivity (Wildman–Crippen MR) is 139 cm³/mol. The fraction of sp³-hybridized carbons (Fsp3) is 0.259. The van der Waals surface area contributed by atoms with Crippen molar-refractivity contribution >= 4 is 40.6 Å². The first kappa shape index (κ1) is 25.0. The van der Waals surface area contributed by atoms with E-state index in [2.05, 4.69) is 15.3 Å². The van der Waals surface area contributed by atoms with Crippen LogP contribution in [0.5, 0.6) is 0 Å². The topological polar surface area (TPSA) is 76.9 Å². The van der Waals surface area contributed by atoms with Crippen LogP contribution in [-0.2, 0) is 11.8 Å². The number of amides is 3. The number of hydrogen-bond donors (Lipinski definition) is 1. The van der Waals surface area contributed by atoms with Crippen LogP contribution >= 0.6 is 11.8 Å². The highest BCUT2D eigenvalue weighted by Gasteiger charge is 2.52. The quantitative estimate of drug-likeness (QED) is 0.266. The van der Waals surface area contributed by atoms with E-state index < -0.39 is 17.7 Å². The number of fused-ring (bicyclic) bond motifs is 1. The highest BCUT2D eigenvalue weighted by Crippen LogP contribution is 2.33. The largest absolute Gasteiger partial charge is 0.429 e. The lowest BCUT2D eigenvalue weighted by atomic mass is 10.1. The van der Waals surface area contributed by atoms with Gasteiger partial charge in [0.1, 0.15) is 17.6 Å². The monoisotopic (exact) mass is 522 g/mol. The zero-order valence-corrected chi connectivity index (χ0v) is 21.3. The Labute approximate surface area is 217 Å². The van der Waals surface area contributed by atoms with Crippen molar-refractivity contribution in [3.05, 3.63) is 72.4 Å². The summed E-state index contributed by atoms with van der Waals surface area (Å²) in [5.41, 5.74) is 2.40. The van der Waals surface area contributed by atoms with Crippen molar-refractivity contribution in [1.29, 1.82) is 0 Å².